The van der Waals surface area contributed by atoms with Crippen LogP contribution in [0.15, 0.2) is 29.8 Å². The summed E-state index contributed by atoms with van der Waals surface area (Å²) < 4.78 is 19.1. The van der Waals surface area contributed by atoms with Gasteiger partial charge in [0.2, 0.25) is 0 Å². The average Bonchev–Trinajstić information content (AvgIpc) is 3.05. The van der Waals surface area contributed by atoms with E-state index in [1.54, 1.807) is 43.9 Å². The lowest BCUT2D eigenvalue weighted by Gasteiger charge is -2.36. The maximum atomic E-state index is 14.0. The number of para-hydroxylation sites is 1. The highest BCUT2D eigenvalue weighted by Gasteiger charge is 2.26. The minimum absolute atomic E-state index is 0.0286. The van der Waals surface area contributed by atoms with Crippen LogP contribution in [0.3, 0.4) is 0 Å². The van der Waals surface area contributed by atoms with E-state index in [0.717, 1.165) is 0 Å². The number of ether oxygens (including phenoxy) is 1. The molecule has 7 nitrogen and oxygen atoms in total. The fourth-order valence-corrected chi connectivity index (χ4v) is 3.74. The standard InChI is InChI=1S/C23H25FN4O3/c1-4-31-23(30)21-15(2)19(26-16(21)3)13-17(14-25)22(29)28-11-9-27(10-12-28)20-8-6-5-7-18(20)24/h5-8,13,26H,4,9-12H2,1-3H3/b17-13+. The number of nitriles is 1. The van der Waals surface area contributed by atoms with E-state index >= 15 is 0 Å². The van der Waals surface area contributed by atoms with Crippen LogP contribution in [0, 0.1) is 31.0 Å². The number of rotatable bonds is 5. The second-order valence-electron chi connectivity index (χ2n) is 7.28. The monoisotopic (exact) mass is 424 g/mol. The van der Waals surface area contributed by atoms with E-state index in [1.165, 1.54) is 12.1 Å². The second-order valence-corrected chi connectivity index (χ2v) is 7.28. The molecule has 1 aliphatic rings. The first-order valence-electron chi connectivity index (χ1n) is 10.1. The van der Waals surface area contributed by atoms with Gasteiger partial charge in [-0.15, -0.1) is 0 Å². The fourth-order valence-electron chi connectivity index (χ4n) is 3.74. The van der Waals surface area contributed by atoms with Crippen LogP contribution in [-0.2, 0) is 9.53 Å². The number of aromatic nitrogens is 1. The van der Waals surface area contributed by atoms with Gasteiger partial charge in [-0.1, -0.05) is 12.1 Å². The first kappa shape index (κ1) is 22.1. The SMILES string of the molecule is CCOC(=O)c1c(C)[nH]c(/C=C(\C#N)C(=O)N2CCN(c3ccccc3F)CC2)c1C. The third-order valence-corrected chi connectivity index (χ3v) is 5.36. The Morgan fingerprint density at radius 1 is 1.23 bits per heavy atom. The molecule has 0 unspecified atom stereocenters. The number of esters is 1. The number of aromatic amines is 1. The van der Waals surface area contributed by atoms with Gasteiger partial charge >= 0.3 is 5.97 Å². The Bertz CT molecular complexity index is 1060. The van der Waals surface area contributed by atoms with Crippen molar-refractivity contribution in [3.8, 4) is 6.07 Å². The summed E-state index contributed by atoms with van der Waals surface area (Å²) in [5.41, 5.74) is 2.66. The third kappa shape index (κ3) is 4.61. The molecule has 0 radical (unpaired) electrons. The Balaban J connectivity index is 1.75. The molecule has 8 heteroatoms. The molecule has 0 spiro atoms. The summed E-state index contributed by atoms with van der Waals surface area (Å²) in [7, 11) is 0. The van der Waals surface area contributed by atoms with Gasteiger partial charge in [0, 0.05) is 37.6 Å². The number of H-pyrrole nitrogens is 1. The van der Waals surface area contributed by atoms with Crippen molar-refractivity contribution in [3.05, 3.63) is 58.2 Å². The van der Waals surface area contributed by atoms with Gasteiger partial charge in [-0.3, -0.25) is 4.79 Å². The largest absolute Gasteiger partial charge is 0.462 e. The van der Waals surface area contributed by atoms with Gasteiger partial charge in [-0.05, 0) is 44.5 Å². The Labute approximate surface area is 180 Å². The van der Waals surface area contributed by atoms with Crippen LogP contribution in [-0.4, -0.2) is 54.5 Å². The van der Waals surface area contributed by atoms with Crippen molar-refractivity contribution in [2.45, 2.75) is 20.8 Å². The molecule has 1 saturated heterocycles. The molecule has 0 bridgehead atoms. The Morgan fingerprint density at radius 2 is 1.90 bits per heavy atom. The summed E-state index contributed by atoms with van der Waals surface area (Å²) in [6.07, 6.45) is 1.47. The molecule has 31 heavy (non-hydrogen) atoms. The maximum Gasteiger partial charge on any atom is 0.340 e. The second kappa shape index (κ2) is 9.47. The lowest BCUT2D eigenvalue weighted by molar-refractivity contribution is -0.126. The molecule has 1 N–H and O–H groups in total. The number of piperazine rings is 1. The Kier molecular flexibility index (Phi) is 6.75. The molecule has 2 heterocycles. The number of aryl methyl sites for hydroxylation is 1. The van der Waals surface area contributed by atoms with Crippen LogP contribution in [0.2, 0.25) is 0 Å². The first-order chi connectivity index (χ1) is 14.9. The minimum Gasteiger partial charge on any atom is -0.462 e. The van der Waals surface area contributed by atoms with Crippen molar-refractivity contribution < 1.29 is 18.7 Å². The molecule has 0 saturated carbocycles. The van der Waals surface area contributed by atoms with Crippen LogP contribution >= 0.6 is 0 Å². The van der Waals surface area contributed by atoms with Gasteiger partial charge in [-0.2, -0.15) is 5.26 Å². The van der Waals surface area contributed by atoms with Crippen molar-refractivity contribution >= 4 is 23.6 Å². The lowest BCUT2D eigenvalue weighted by Crippen LogP contribution is -2.49. The maximum absolute atomic E-state index is 14.0. The van der Waals surface area contributed by atoms with Crippen LogP contribution < -0.4 is 4.90 Å². The van der Waals surface area contributed by atoms with Crippen molar-refractivity contribution in [2.75, 3.05) is 37.7 Å². The number of carbonyl (C=O) groups is 2. The minimum atomic E-state index is -0.442. The summed E-state index contributed by atoms with van der Waals surface area (Å²) in [4.78, 5) is 31.6. The predicted molar refractivity (Wildman–Crippen MR) is 115 cm³/mol. The highest BCUT2D eigenvalue weighted by atomic mass is 19.1. The van der Waals surface area contributed by atoms with Crippen LogP contribution in [0.4, 0.5) is 10.1 Å². The zero-order valence-corrected chi connectivity index (χ0v) is 17.9. The van der Waals surface area contributed by atoms with E-state index in [1.807, 2.05) is 11.0 Å². The lowest BCUT2D eigenvalue weighted by atomic mass is 10.1. The molecule has 1 aromatic heterocycles. The van der Waals surface area contributed by atoms with E-state index in [2.05, 4.69) is 4.98 Å². The number of hydrogen-bond acceptors (Lipinski definition) is 5. The van der Waals surface area contributed by atoms with Gasteiger partial charge in [-0.25, -0.2) is 9.18 Å². The van der Waals surface area contributed by atoms with Crippen molar-refractivity contribution in [2.24, 2.45) is 0 Å². The zero-order valence-electron chi connectivity index (χ0n) is 17.9. The van der Waals surface area contributed by atoms with Crippen LogP contribution in [0.5, 0.6) is 0 Å². The van der Waals surface area contributed by atoms with E-state index < -0.39 is 5.97 Å². The summed E-state index contributed by atoms with van der Waals surface area (Å²) in [6, 6.07) is 8.51. The highest BCUT2D eigenvalue weighted by molar-refractivity contribution is 6.02. The number of carbonyl (C=O) groups excluding carboxylic acids is 2. The topological polar surface area (TPSA) is 89.4 Å². The van der Waals surface area contributed by atoms with E-state index in [-0.39, 0.29) is 23.9 Å². The number of amides is 1. The number of benzene rings is 1. The molecule has 2 aromatic rings. The van der Waals surface area contributed by atoms with Gasteiger partial charge in [0.25, 0.3) is 5.91 Å². The quantitative estimate of drug-likeness (QED) is 0.452. The van der Waals surface area contributed by atoms with E-state index in [4.69, 9.17) is 4.74 Å². The molecule has 162 valence electrons. The molecular formula is C23H25FN4O3. The van der Waals surface area contributed by atoms with E-state index in [0.29, 0.717) is 54.4 Å². The molecular weight excluding hydrogens is 399 g/mol. The normalized spacial score (nSPS) is 14.4. The highest BCUT2D eigenvalue weighted by Crippen LogP contribution is 2.23. The summed E-state index contributed by atoms with van der Waals surface area (Å²) >= 11 is 0. The molecule has 1 fully saturated rings. The van der Waals surface area contributed by atoms with Gasteiger partial charge < -0.3 is 19.5 Å². The molecule has 1 amide bonds. The third-order valence-electron chi connectivity index (χ3n) is 5.36. The smallest absolute Gasteiger partial charge is 0.340 e. The summed E-state index contributed by atoms with van der Waals surface area (Å²) in [6.45, 7) is 7.17. The van der Waals surface area contributed by atoms with Gasteiger partial charge in [0.15, 0.2) is 0 Å². The van der Waals surface area contributed by atoms with Crippen LogP contribution in [0.1, 0.15) is 34.2 Å². The van der Waals surface area contributed by atoms with Gasteiger partial charge in [0.05, 0.1) is 17.9 Å². The van der Waals surface area contributed by atoms with Gasteiger partial charge in [0.1, 0.15) is 17.5 Å². The average molecular weight is 424 g/mol. The molecule has 1 aromatic carbocycles. The number of nitrogens with zero attached hydrogens (tertiary/aromatic N) is 3. The number of hydrogen-bond donors (Lipinski definition) is 1. The molecule has 0 aliphatic carbocycles. The molecule has 3 rings (SSSR count). The molecule has 0 atom stereocenters. The number of halogens is 1. The van der Waals surface area contributed by atoms with Crippen LogP contribution in [0.25, 0.3) is 6.08 Å². The first-order valence-corrected chi connectivity index (χ1v) is 10.1. The predicted octanol–water partition coefficient (Wildman–Crippen LogP) is 3.20. The zero-order chi connectivity index (χ0) is 22.5. The fraction of sp³-hybridized carbons (Fsp3) is 0.348. The Morgan fingerprint density at radius 3 is 2.52 bits per heavy atom. The summed E-state index contributed by atoms with van der Waals surface area (Å²) in [5.74, 6) is -1.13. The number of anilines is 1. The Hall–Kier alpha value is -3.60. The summed E-state index contributed by atoms with van der Waals surface area (Å²) in [5, 5.41) is 9.58. The van der Waals surface area contributed by atoms with Crippen molar-refractivity contribution in [1.82, 2.24) is 9.88 Å². The number of nitrogens with one attached hydrogen (secondary N) is 1. The van der Waals surface area contributed by atoms with E-state index in [9.17, 15) is 19.2 Å². The molecule has 1 aliphatic heterocycles. The van der Waals surface area contributed by atoms with Crippen molar-refractivity contribution in [3.63, 3.8) is 0 Å². The van der Waals surface area contributed by atoms with Crippen molar-refractivity contribution in [1.29, 1.82) is 5.26 Å².